The number of thioether (sulfide) groups is 1. The Labute approximate surface area is 130 Å². The Bertz CT molecular complexity index is 272. The van der Waals surface area contributed by atoms with Gasteiger partial charge in [-0.3, -0.25) is 4.99 Å². The molecule has 0 saturated carbocycles. The Balaban J connectivity index is 2.01. The first kappa shape index (κ1) is 17.9. The number of aliphatic imine (C=N–C) groups is 1. The molecule has 20 heavy (non-hydrogen) atoms. The Morgan fingerprint density at radius 1 is 1.15 bits per heavy atom. The van der Waals surface area contributed by atoms with Crippen LogP contribution in [0.15, 0.2) is 4.99 Å². The molecule has 0 radical (unpaired) electrons. The van der Waals surface area contributed by atoms with Crippen molar-refractivity contribution < 1.29 is 0 Å². The van der Waals surface area contributed by atoms with Crippen LogP contribution < -0.4 is 5.32 Å². The number of amidine groups is 1. The third-order valence-corrected chi connectivity index (χ3v) is 5.57. The molecule has 0 aromatic heterocycles. The van der Waals surface area contributed by atoms with Crippen LogP contribution in [0.4, 0.5) is 0 Å². The maximum atomic E-state index is 4.66. The highest BCUT2D eigenvalue weighted by molar-refractivity contribution is 8.14. The zero-order valence-corrected chi connectivity index (χ0v) is 14.8. The molecule has 0 aromatic rings. The van der Waals surface area contributed by atoms with Crippen molar-refractivity contribution >= 4 is 16.9 Å². The second-order valence-electron chi connectivity index (χ2n) is 6.40. The van der Waals surface area contributed by atoms with Crippen molar-refractivity contribution in [2.45, 2.75) is 77.9 Å². The summed E-state index contributed by atoms with van der Waals surface area (Å²) in [4.78, 5) is 4.66. The van der Waals surface area contributed by atoms with Crippen LogP contribution in [0.5, 0.6) is 0 Å². The van der Waals surface area contributed by atoms with Crippen molar-refractivity contribution in [2.75, 3.05) is 13.1 Å². The van der Waals surface area contributed by atoms with Gasteiger partial charge < -0.3 is 5.32 Å². The van der Waals surface area contributed by atoms with Crippen LogP contribution in [-0.4, -0.2) is 23.5 Å². The van der Waals surface area contributed by atoms with E-state index >= 15 is 0 Å². The van der Waals surface area contributed by atoms with Crippen LogP contribution >= 0.6 is 11.8 Å². The Kier molecular flexibility index (Phi) is 9.41. The fourth-order valence-corrected chi connectivity index (χ4v) is 4.12. The molecule has 0 aliphatic carbocycles. The van der Waals surface area contributed by atoms with Gasteiger partial charge in [-0.25, -0.2) is 0 Å². The standard InChI is InChI=1S/C17H34N2S/c1-5-15(6-2)16-13-19-17(20-16)18-12-10-8-7-9-11-14(3)4/h14-16H,5-13H2,1-4H3,(H,18,19). The Morgan fingerprint density at radius 2 is 1.85 bits per heavy atom. The summed E-state index contributed by atoms with van der Waals surface area (Å²) in [6, 6.07) is 0. The lowest BCUT2D eigenvalue weighted by Gasteiger charge is -2.18. The monoisotopic (exact) mass is 298 g/mol. The average Bonchev–Trinajstić information content (AvgIpc) is 2.87. The SMILES string of the molecule is CCC(CC)C1CN=C(NCCCCCCC(C)C)S1. The molecular formula is C17H34N2S. The van der Waals surface area contributed by atoms with Crippen LogP contribution in [0.1, 0.15) is 72.6 Å². The minimum atomic E-state index is 0.721. The topological polar surface area (TPSA) is 24.4 Å². The van der Waals surface area contributed by atoms with Crippen molar-refractivity contribution in [1.82, 2.24) is 5.32 Å². The summed E-state index contributed by atoms with van der Waals surface area (Å²) >= 11 is 1.98. The molecule has 1 atom stereocenters. The number of unbranched alkanes of at least 4 members (excludes halogenated alkanes) is 3. The number of hydrogen-bond acceptors (Lipinski definition) is 3. The molecule has 1 unspecified atom stereocenters. The Hall–Kier alpha value is -0.180. The molecule has 0 fully saturated rings. The Morgan fingerprint density at radius 3 is 2.50 bits per heavy atom. The smallest absolute Gasteiger partial charge is 0.156 e. The number of hydrogen-bond donors (Lipinski definition) is 1. The first-order valence-electron chi connectivity index (χ1n) is 8.62. The third kappa shape index (κ3) is 7.01. The fourth-order valence-electron chi connectivity index (χ4n) is 2.77. The molecule has 0 amide bonds. The highest BCUT2D eigenvalue weighted by Crippen LogP contribution is 2.30. The molecule has 118 valence electrons. The van der Waals surface area contributed by atoms with Gasteiger partial charge in [-0.1, -0.05) is 78.0 Å². The number of nitrogens with one attached hydrogen (secondary N) is 1. The van der Waals surface area contributed by atoms with Gasteiger partial charge in [0.25, 0.3) is 0 Å². The largest absolute Gasteiger partial charge is 0.365 e. The summed E-state index contributed by atoms with van der Waals surface area (Å²) in [6.07, 6.45) is 9.37. The van der Waals surface area contributed by atoms with E-state index in [1.54, 1.807) is 0 Å². The third-order valence-electron chi connectivity index (χ3n) is 4.24. The van der Waals surface area contributed by atoms with Crippen LogP contribution in [0.2, 0.25) is 0 Å². The minimum absolute atomic E-state index is 0.721. The molecule has 1 heterocycles. The highest BCUT2D eigenvalue weighted by atomic mass is 32.2. The van der Waals surface area contributed by atoms with Crippen LogP contribution in [-0.2, 0) is 0 Å². The van der Waals surface area contributed by atoms with Crippen LogP contribution in [0.3, 0.4) is 0 Å². The van der Waals surface area contributed by atoms with Crippen molar-refractivity contribution in [3.8, 4) is 0 Å². The van der Waals surface area contributed by atoms with Crippen molar-refractivity contribution in [3.63, 3.8) is 0 Å². The lowest BCUT2D eigenvalue weighted by molar-refractivity contribution is 0.479. The normalized spacial score (nSPS) is 18.9. The second kappa shape index (κ2) is 10.5. The minimum Gasteiger partial charge on any atom is -0.365 e. The van der Waals surface area contributed by atoms with E-state index in [2.05, 4.69) is 38.0 Å². The van der Waals surface area contributed by atoms with Gasteiger partial charge in [-0.15, -0.1) is 0 Å². The summed E-state index contributed by atoms with van der Waals surface area (Å²) < 4.78 is 0. The van der Waals surface area contributed by atoms with E-state index in [-0.39, 0.29) is 0 Å². The molecule has 2 nitrogen and oxygen atoms in total. The molecule has 0 spiro atoms. The zero-order chi connectivity index (χ0) is 14.8. The molecule has 0 saturated heterocycles. The van der Waals surface area contributed by atoms with Gasteiger partial charge in [-0.2, -0.15) is 0 Å². The van der Waals surface area contributed by atoms with E-state index in [0.29, 0.717) is 0 Å². The molecule has 1 N–H and O–H groups in total. The summed E-state index contributed by atoms with van der Waals surface area (Å²) in [5, 5.41) is 5.45. The molecule has 1 aliphatic heterocycles. The molecule has 1 aliphatic rings. The zero-order valence-electron chi connectivity index (χ0n) is 14.0. The summed E-state index contributed by atoms with van der Waals surface area (Å²) in [5.74, 6) is 1.69. The van der Waals surface area contributed by atoms with Crippen LogP contribution in [0.25, 0.3) is 0 Å². The molecular weight excluding hydrogens is 264 g/mol. The lowest BCUT2D eigenvalue weighted by atomic mass is 9.99. The quantitative estimate of drug-likeness (QED) is 0.568. The molecule has 1 rings (SSSR count). The van der Waals surface area contributed by atoms with Crippen LogP contribution in [0, 0.1) is 11.8 Å². The van der Waals surface area contributed by atoms with Gasteiger partial charge in [-0.05, 0) is 18.3 Å². The maximum absolute atomic E-state index is 4.66. The van der Waals surface area contributed by atoms with E-state index in [1.165, 1.54) is 50.1 Å². The predicted octanol–water partition coefficient (Wildman–Crippen LogP) is 5.09. The molecule has 0 bridgehead atoms. The van der Waals surface area contributed by atoms with Crippen molar-refractivity contribution in [1.29, 1.82) is 0 Å². The number of rotatable bonds is 10. The fraction of sp³-hybridized carbons (Fsp3) is 0.941. The van der Waals surface area contributed by atoms with E-state index < -0.39 is 0 Å². The first-order chi connectivity index (χ1) is 9.67. The highest BCUT2D eigenvalue weighted by Gasteiger charge is 2.25. The van der Waals surface area contributed by atoms with E-state index in [9.17, 15) is 0 Å². The summed E-state index contributed by atoms with van der Waals surface area (Å²) in [5.41, 5.74) is 0. The summed E-state index contributed by atoms with van der Waals surface area (Å²) in [7, 11) is 0. The second-order valence-corrected chi connectivity index (χ2v) is 7.63. The van der Waals surface area contributed by atoms with E-state index in [1.807, 2.05) is 11.8 Å². The maximum Gasteiger partial charge on any atom is 0.156 e. The molecule has 3 heteroatoms. The first-order valence-corrected chi connectivity index (χ1v) is 9.50. The van der Waals surface area contributed by atoms with Gasteiger partial charge in [0, 0.05) is 11.8 Å². The van der Waals surface area contributed by atoms with Gasteiger partial charge in [0.05, 0.1) is 6.54 Å². The van der Waals surface area contributed by atoms with Crippen molar-refractivity contribution in [3.05, 3.63) is 0 Å². The number of nitrogens with zero attached hydrogens (tertiary/aromatic N) is 1. The van der Waals surface area contributed by atoms with E-state index in [4.69, 9.17) is 0 Å². The van der Waals surface area contributed by atoms with Crippen molar-refractivity contribution in [2.24, 2.45) is 16.8 Å². The summed E-state index contributed by atoms with van der Waals surface area (Å²) in [6.45, 7) is 11.4. The van der Waals surface area contributed by atoms with Gasteiger partial charge in [0.1, 0.15) is 0 Å². The molecule has 0 aromatic carbocycles. The van der Waals surface area contributed by atoms with Gasteiger partial charge in [0.15, 0.2) is 5.17 Å². The van der Waals surface area contributed by atoms with E-state index in [0.717, 1.165) is 30.2 Å². The average molecular weight is 299 g/mol. The lowest BCUT2D eigenvalue weighted by Crippen LogP contribution is -2.22. The van der Waals surface area contributed by atoms with Gasteiger partial charge in [0.2, 0.25) is 0 Å². The van der Waals surface area contributed by atoms with Gasteiger partial charge >= 0.3 is 0 Å². The predicted molar refractivity (Wildman–Crippen MR) is 93.7 cm³/mol.